The summed E-state index contributed by atoms with van der Waals surface area (Å²) in [6.07, 6.45) is 1.61. The van der Waals surface area contributed by atoms with E-state index in [4.69, 9.17) is 4.74 Å². The number of morpholine rings is 1. The summed E-state index contributed by atoms with van der Waals surface area (Å²) in [5.74, 6) is -1.89. The number of halogens is 2. The van der Waals surface area contributed by atoms with Gasteiger partial charge in [0, 0.05) is 38.8 Å². The third kappa shape index (κ3) is 4.11. The number of hydrogen-bond donors (Lipinski definition) is 1. The van der Waals surface area contributed by atoms with Crippen LogP contribution in [-0.4, -0.2) is 60.7 Å². The largest absolute Gasteiger partial charge is 0.375 e. The first-order chi connectivity index (χ1) is 11.4. The first-order valence-electron chi connectivity index (χ1n) is 8.15. The number of aromatic nitrogens is 1. The number of ether oxygens (including phenoxy) is 1. The molecule has 8 heteroatoms. The molecule has 2 amide bonds. The van der Waals surface area contributed by atoms with Crippen molar-refractivity contribution in [2.45, 2.75) is 31.9 Å². The molecule has 0 bridgehead atoms. The number of nitrogens with one attached hydrogen (secondary N) is 1. The van der Waals surface area contributed by atoms with Gasteiger partial charge in [-0.2, -0.15) is 0 Å². The van der Waals surface area contributed by atoms with E-state index in [1.165, 1.54) is 0 Å². The van der Waals surface area contributed by atoms with Crippen LogP contribution < -0.4 is 10.2 Å². The van der Waals surface area contributed by atoms with Gasteiger partial charge in [0.2, 0.25) is 0 Å². The molecule has 0 saturated carbocycles. The number of carbonyl (C=O) groups excluding carboxylic acids is 1. The molecule has 0 aliphatic carbocycles. The fourth-order valence-corrected chi connectivity index (χ4v) is 2.93. The number of likely N-dealkylation sites (tertiary alicyclic amines) is 1. The van der Waals surface area contributed by atoms with Crippen LogP contribution in [0.1, 0.15) is 18.9 Å². The zero-order valence-electron chi connectivity index (χ0n) is 13.7. The van der Waals surface area contributed by atoms with Crippen LogP contribution in [-0.2, 0) is 11.3 Å². The molecule has 2 saturated heterocycles. The Morgan fingerprint density at radius 1 is 1.46 bits per heavy atom. The lowest BCUT2D eigenvalue weighted by atomic mass is 10.2. The van der Waals surface area contributed by atoms with Crippen molar-refractivity contribution in [2.75, 3.05) is 37.7 Å². The molecule has 1 atom stereocenters. The molecule has 1 aromatic heterocycles. The maximum absolute atomic E-state index is 13.1. The molecule has 2 aliphatic heterocycles. The van der Waals surface area contributed by atoms with Crippen LogP contribution in [0.5, 0.6) is 0 Å². The minimum atomic E-state index is -2.77. The Balaban J connectivity index is 1.50. The summed E-state index contributed by atoms with van der Waals surface area (Å²) in [6.45, 7) is 4.16. The van der Waals surface area contributed by atoms with Crippen molar-refractivity contribution in [1.82, 2.24) is 15.2 Å². The molecule has 132 valence electrons. The Hall–Kier alpha value is -1.96. The molecule has 0 radical (unpaired) electrons. The van der Waals surface area contributed by atoms with E-state index in [0.717, 1.165) is 29.4 Å². The summed E-state index contributed by atoms with van der Waals surface area (Å²) in [5.41, 5.74) is 0.833. The van der Waals surface area contributed by atoms with E-state index in [2.05, 4.69) is 15.2 Å². The molecule has 0 spiro atoms. The minimum Gasteiger partial charge on any atom is -0.375 e. The molecule has 1 aromatic rings. The summed E-state index contributed by atoms with van der Waals surface area (Å²) in [6, 6.07) is 3.34. The van der Waals surface area contributed by atoms with E-state index in [1.54, 1.807) is 6.20 Å². The van der Waals surface area contributed by atoms with Gasteiger partial charge in [-0.1, -0.05) is 6.07 Å². The first-order valence-corrected chi connectivity index (χ1v) is 8.15. The van der Waals surface area contributed by atoms with E-state index >= 15 is 0 Å². The third-order valence-corrected chi connectivity index (χ3v) is 4.27. The zero-order valence-corrected chi connectivity index (χ0v) is 13.7. The molecule has 6 nitrogen and oxygen atoms in total. The van der Waals surface area contributed by atoms with Gasteiger partial charge in [0.15, 0.2) is 0 Å². The lowest BCUT2D eigenvalue weighted by Crippen LogP contribution is -2.41. The second-order valence-corrected chi connectivity index (χ2v) is 6.34. The highest BCUT2D eigenvalue weighted by Gasteiger charge is 2.40. The van der Waals surface area contributed by atoms with Gasteiger partial charge in [-0.05, 0) is 18.6 Å². The molecule has 0 aromatic carbocycles. The number of hydrogen-bond acceptors (Lipinski definition) is 4. The SMILES string of the molecule is CC1CN(c2ccc(CNC(=O)N3CCC(F)(F)C3)cn2)CCO1. The summed E-state index contributed by atoms with van der Waals surface area (Å²) in [4.78, 5) is 19.6. The predicted molar refractivity (Wildman–Crippen MR) is 85.2 cm³/mol. The normalized spacial score (nSPS) is 23.4. The molecular weight excluding hydrogens is 318 g/mol. The van der Waals surface area contributed by atoms with Gasteiger partial charge in [0.1, 0.15) is 5.82 Å². The van der Waals surface area contributed by atoms with Gasteiger partial charge < -0.3 is 19.9 Å². The Morgan fingerprint density at radius 3 is 2.92 bits per heavy atom. The lowest BCUT2D eigenvalue weighted by molar-refractivity contribution is 0.0153. The second-order valence-electron chi connectivity index (χ2n) is 6.34. The van der Waals surface area contributed by atoms with Gasteiger partial charge in [-0.25, -0.2) is 18.6 Å². The van der Waals surface area contributed by atoms with Crippen LogP contribution >= 0.6 is 0 Å². The predicted octanol–water partition coefficient (Wildman–Crippen LogP) is 1.86. The zero-order chi connectivity index (χ0) is 17.2. The van der Waals surface area contributed by atoms with Crippen molar-refractivity contribution >= 4 is 11.8 Å². The van der Waals surface area contributed by atoms with Crippen LogP contribution in [0.3, 0.4) is 0 Å². The van der Waals surface area contributed by atoms with E-state index in [0.29, 0.717) is 6.61 Å². The number of carbonyl (C=O) groups is 1. The standard InChI is InChI=1S/C16H22F2N4O2/c1-12-10-21(6-7-24-12)14-3-2-13(8-19-14)9-20-15(23)22-5-4-16(17,18)11-22/h2-3,8,12H,4-7,9-11H2,1H3,(H,20,23). The molecule has 1 N–H and O–H groups in total. The van der Waals surface area contributed by atoms with Crippen LogP contribution in [0.4, 0.5) is 19.4 Å². The molecule has 2 fully saturated rings. The highest BCUT2D eigenvalue weighted by Crippen LogP contribution is 2.26. The third-order valence-electron chi connectivity index (χ3n) is 4.27. The fourth-order valence-electron chi connectivity index (χ4n) is 2.93. The monoisotopic (exact) mass is 340 g/mol. The number of amides is 2. The van der Waals surface area contributed by atoms with Crippen LogP contribution in [0, 0.1) is 0 Å². The number of pyridine rings is 1. The Labute approximate surface area is 139 Å². The number of anilines is 1. The minimum absolute atomic E-state index is 0.0885. The quantitative estimate of drug-likeness (QED) is 0.912. The maximum Gasteiger partial charge on any atom is 0.317 e. The molecule has 24 heavy (non-hydrogen) atoms. The summed E-state index contributed by atoms with van der Waals surface area (Å²) < 4.78 is 31.7. The Bertz CT molecular complexity index is 582. The molecular formula is C16H22F2N4O2. The number of alkyl halides is 2. The second kappa shape index (κ2) is 6.88. The van der Waals surface area contributed by atoms with E-state index < -0.39 is 18.5 Å². The van der Waals surface area contributed by atoms with Crippen molar-refractivity contribution in [3.8, 4) is 0 Å². The molecule has 2 aliphatic rings. The average molecular weight is 340 g/mol. The summed E-state index contributed by atoms with van der Waals surface area (Å²) in [7, 11) is 0. The molecule has 3 rings (SSSR count). The number of urea groups is 1. The fraction of sp³-hybridized carbons (Fsp3) is 0.625. The molecule has 1 unspecified atom stereocenters. The maximum atomic E-state index is 13.1. The van der Waals surface area contributed by atoms with E-state index in [1.807, 2.05) is 19.1 Å². The van der Waals surface area contributed by atoms with Crippen molar-refractivity contribution in [2.24, 2.45) is 0 Å². The Kier molecular flexibility index (Phi) is 4.84. The number of rotatable bonds is 3. The highest BCUT2D eigenvalue weighted by molar-refractivity contribution is 5.74. The van der Waals surface area contributed by atoms with E-state index in [9.17, 15) is 13.6 Å². The first kappa shape index (κ1) is 16.9. The average Bonchev–Trinajstić information content (AvgIpc) is 2.93. The topological polar surface area (TPSA) is 57.7 Å². The van der Waals surface area contributed by atoms with Gasteiger partial charge in [0.25, 0.3) is 5.92 Å². The Morgan fingerprint density at radius 2 is 2.29 bits per heavy atom. The van der Waals surface area contributed by atoms with Crippen molar-refractivity contribution in [3.63, 3.8) is 0 Å². The van der Waals surface area contributed by atoms with Crippen LogP contribution in [0.15, 0.2) is 18.3 Å². The van der Waals surface area contributed by atoms with Crippen LogP contribution in [0.2, 0.25) is 0 Å². The summed E-state index contributed by atoms with van der Waals surface area (Å²) >= 11 is 0. The van der Waals surface area contributed by atoms with Crippen LogP contribution in [0.25, 0.3) is 0 Å². The van der Waals surface area contributed by atoms with Gasteiger partial charge in [-0.3, -0.25) is 0 Å². The van der Waals surface area contributed by atoms with Crippen molar-refractivity contribution < 1.29 is 18.3 Å². The molecule has 3 heterocycles. The smallest absolute Gasteiger partial charge is 0.317 e. The highest BCUT2D eigenvalue weighted by atomic mass is 19.3. The van der Waals surface area contributed by atoms with Gasteiger partial charge in [0.05, 0.1) is 19.3 Å². The summed E-state index contributed by atoms with van der Waals surface area (Å²) in [5, 5.41) is 2.66. The van der Waals surface area contributed by atoms with E-state index in [-0.39, 0.29) is 25.6 Å². The van der Waals surface area contributed by atoms with Crippen molar-refractivity contribution in [1.29, 1.82) is 0 Å². The number of nitrogens with zero attached hydrogens (tertiary/aromatic N) is 3. The van der Waals surface area contributed by atoms with Gasteiger partial charge >= 0.3 is 6.03 Å². The van der Waals surface area contributed by atoms with Crippen molar-refractivity contribution in [3.05, 3.63) is 23.9 Å². The lowest BCUT2D eigenvalue weighted by Gasteiger charge is -2.32. The van der Waals surface area contributed by atoms with Gasteiger partial charge in [-0.15, -0.1) is 0 Å².